The summed E-state index contributed by atoms with van der Waals surface area (Å²) in [6.07, 6.45) is 7.56. The summed E-state index contributed by atoms with van der Waals surface area (Å²) in [5.41, 5.74) is 0. The minimum atomic E-state index is -0.834. The van der Waals surface area contributed by atoms with E-state index in [4.69, 9.17) is 11.5 Å². The molecule has 5 heteroatoms. The number of rotatable bonds is 4. The van der Waals surface area contributed by atoms with Crippen LogP contribution in [-0.2, 0) is 4.79 Å². The molecule has 0 atom stereocenters. The van der Waals surface area contributed by atoms with Crippen molar-refractivity contribution in [1.82, 2.24) is 9.80 Å². The van der Waals surface area contributed by atoms with Crippen LogP contribution in [0, 0.1) is 24.2 Å². The highest BCUT2D eigenvalue weighted by molar-refractivity contribution is 5.80. The van der Waals surface area contributed by atoms with Gasteiger partial charge in [0, 0.05) is 19.6 Å². The SMILES string of the molecule is C#CCN(CC1CC1)C(=O)N1CC(C(=O)O)C1. The molecule has 0 unspecified atom stereocenters. The Labute approximate surface area is 100 Å². The summed E-state index contributed by atoms with van der Waals surface area (Å²) in [5.74, 6) is 1.82. The van der Waals surface area contributed by atoms with E-state index < -0.39 is 11.9 Å². The summed E-state index contributed by atoms with van der Waals surface area (Å²) < 4.78 is 0. The Morgan fingerprint density at radius 2 is 2.06 bits per heavy atom. The highest BCUT2D eigenvalue weighted by Crippen LogP contribution is 2.30. The van der Waals surface area contributed by atoms with E-state index in [1.165, 1.54) is 0 Å². The molecule has 2 amide bonds. The third-order valence-electron chi connectivity index (χ3n) is 3.23. The van der Waals surface area contributed by atoms with Crippen molar-refractivity contribution in [3.8, 4) is 12.3 Å². The van der Waals surface area contributed by atoms with Crippen LogP contribution in [0.5, 0.6) is 0 Å². The molecule has 17 heavy (non-hydrogen) atoms. The Bertz CT molecular complexity index is 364. The zero-order valence-electron chi connectivity index (χ0n) is 9.63. The van der Waals surface area contributed by atoms with E-state index in [1.807, 2.05) is 0 Å². The fourth-order valence-electron chi connectivity index (χ4n) is 1.92. The van der Waals surface area contributed by atoms with Crippen LogP contribution in [0.2, 0.25) is 0 Å². The molecule has 2 aliphatic rings. The van der Waals surface area contributed by atoms with E-state index in [0.29, 0.717) is 32.1 Å². The number of nitrogens with zero attached hydrogens (tertiary/aromatic N) is 2. The number of likely N-dealkylation sites (tertiary alicyclic amines) is 1. The molecule has 1 heterocycles. The molecule has 1 aliphatic heterocycles. The molecule has 1 saturated carbocycles. The molecule has 0 spiro atoms. The number of amides is 2. The van der Waals surface area contributed by atoms with E-state index >= 15 is 0 Å². The van der Waals surface area contributed by atoms with Gasteiger partial charge < -0.3 is 14.9 Å². The summed E-state index contributed by atoms with van der Waals surface area (Å²) in [6.45, 7) is 1.63. The predicted molar refractivity (Wildman–Crippen MR) is 61.2 cm³/mol. The molecule has 92 valence electrons. The van der Waals surface area contributed by atoms with Crippen LogP contribution < -0.4 is 0 Å². The number of hydrogen-bond donors (Lipinski definition) is 1. The third-order valence-corrected chi connectivity index (χ3v) is 3.23. The molecule has 0 aromatic carbocycles. The van der Waals surface area contributed by atoms with Crippen molar-refractivity contribution in [3.05, 3.63) is 0 Å². The van der Waals surface area contributed by atoms with Gasteiger partial charge in [0.1, 0.15) is 0 Å². The third kappa shape index (κ3) is 2.70. The molecule has 1 saturated heterocycles. The lowest BCUT2D eigenvalue weighted by Gasteiger charge is -2.39. The van der Waals surface area contributed by atoms with Gasteiger partial charge in [-0.3, -0.25) is 4.79 Å². The number of aliphatic carboxylic acids is 1. The monoisotopic (exact) mass is 236 g/mol. The van der Waals surface area contributed by atoms with Crippen molar-refractivity contribution in [2.24, 2.45) is 11.8 Å². The Morgan fingerprint density at radius 3 is 2.53 bits per heavy atom. The van der Waals surface area contributed by atoms with Crippen LogP contribution in [0.4, 0.5) is 4.79 Å². The molecule has 0 aromatic heterocycles. The van der Waals surface area contributed by atoms with Crippen molar-refractivity contribution >= 4 is 12.0 Å². The number of hydrogen-bond acceptors (Lipinski definition) is 2. The Morgan fingerprint density at radius 1 is 1.41 bits per heavy atom. The standard InChI is InChI=1S/C12H16N2O3/c1-2-5-13(6-9-3-4-9)12(17)14-7-10(8-14)11(15)16/h1,9-10H,3-8H2,(H,15,16). The fourth-order valence-corrected chi connectivity index (χ4v) is 1.92. The van der Waals surface area contributed by atoms with Crippen molar-refractivity contribution in [3.63, 3.8) is 0 Å². The minimum Gasteiger partial charge on any atom is -0.481 e. The topological polar surface area (TPSA) is 60.9 Å². The van der Waals surface area contributed by atoms with E-state index in [2.05, 4.69) is 5.92 Å². The molecular weight excluding hydrogens is 220 g/mol. The Kier molecular flexibility index (Phi) is 3.23. The first kappa shape index (κ1) is 11.8. The maximum absolute atomic E-state index is 12.0. The first-order valence-corrected chi connectivity index (χ1v) is 5.82. The summed E-state index contributed by atoms with van der Waals surface area (Å²) in [6, 6.07) is -0.118. The first-order valence-electron chi connectivity index (χ1n) is 5.82. The molecule has 0 bridgehead atoms. The van der Waals surface area contributed by atoms with Gasteiger partial charge in [0.25, 0.3) is 0 Å². The van der Waals surface area contributed by atoms with Crippen LogP contribution in [0.3, 0.4) is 0 Å². The number of carboxylic acid groups (broad SMARTS) is 1. The highest BCUT2D eigenvalue weighted by atomic mass is 16.4. The first-order chi connectivity index (χ1) is 8.11. The quantitative estimate of drug-likeness (QED) is 0.722. The lowest BCUT2D eigenvalue weighted by Crippen LogP contribution is -2.57. The summed E-state index contributed by atoms with van der Waals surface area (Å²) in [5, 5.41) is 8.75. The van der Waals surface area contributed by atoms with Crippen LogP contribution in [0.15, 0.2) is 0 Å². The normalized spacial score (nSPS) is 19.4. The van der Waals surface area contributed by atoms with E-state index in [-0.39, 0.29) is 6.03 Å². The maximum atomic E-state index is 12.0. The maximum Gasteiger partial charge on any atom is 0.320 e. The number of terminal acetylenes is 1. The molecule has 0 radical (unpaired) electrons. The average molecular weight is 236 g/mol. The zero-order chi connectivity index (χ0) is 12.4. The Balaban J connectivity index is 1.84. The smallest absolute Gasteiger partial charge is 0.320 e. The van der Waals surface area contributed by atoms with Crippen molar-refractivity contribution in [2.45, 2.75) is 12.8 Å². The lowest BCUT2D eigenvalue weighted by atomic mass is 10.0. The second-order valence-electron chi connectivity index (χ2n) is 4.75. The molecule has 1 aliphatic carbocycles. The highest BCUT2D eigenvalue weighted by Gasteiger charge is 2.38. The second kappa shape index (κ2) is 4.66. The van der Waals surface area contributed by atoms with Gasteiger partial charge >= 0.3 is 12.0 Å². The van der Waals surface area contributed by atoms with Crippen molar-refractivity contribution in [1.29, 1.82) is 0 Å². The largest absolute Gasteiger partial charge is 0.481 e. The van der Waals surface area contributed by atoms with Gasteiger partial charge in [-0.2, -0.15) is 0 Å². The zero-order valence-corrected chi connectivity index (χ0v) is 9.63. The van der Waals surface area contributed by atoms with E-state index in [9.17, 15) is 9.59 Å². The second-order valence-corrected chi connectivity index (χ2v) is 4.75. The van der Waals surface area contributed by atoms with E-state index in [0.717, 1.165) is 12.8 Å². The molecule has 2 rings (SSSR count). The minimum absolute atomic E-state index is 0.118. The summed E-state index contributed by atoms with van der Waals surface area (Å²) >= 11 is 0. The van der Waals surface area contributed by atoms with Gasteiger partial charge in [-0.1, -0.05) is 5.92 Å². The van der Waals surface area contributed by atoms with Crippen LogP contribution in [-0.4, -0.2) is 53.1 Å². The van der Waals surface area contributed by atoms with Gasteiger partial charge in [0.2, 0.25) is 0 Å². The molecular formula is C12H16N2O3. The molecule has 1 N–H and O–H groups in total. The van der Waals surface area contributed by atoms with Crippen molar-refractivity contribution < 1.29 is 14.7 Å². The van der Waals surface area contributed by atoms with Gasteiger partial charge in [0.15, 0.2) is 0 Å². The van der Waals surface area contributed by atoms with Crippen molar-refractivity contribution in [2.75, 3.05) is 26.2 Å². The summed E-state index contributed by atoms with van der Waals surface area (Å²) in [7, 11) is 0. The lowest BCUT2D eigenvalue weighted by molar-refractivity contribution is -0.146. The Hall–Kier alpha value is -1.70. The predicted octanol–water partition coefficient (Wildman–Crippen LogP) is 0.468. The van der Waals surface area contributed by atoms with Gasteiger partial charge in [-0.05, 0) is 18.8 Å². The molecule has 5 nitrogen and oxygen atoms in total. The van der Waals surface area contributed by atoms with Gasteiger partial charge in [-0.15, -0.1) is 6.42 Å². The summed E-state index contributed by atoms with van der Waals surface area (Å²) in [4.78, 5) is 25.9. The van der Waals surface area contributed by atoms with Crippen LogP contribution in [0.25, 0.3) is 0 Å². The number of urea groups is 1. The van der Waals surface area contributed by atoms with E-state index in [1.54, 1.807) is 9.80 Å². The number of carbonyl (C=O) groups is 2. The number of carboxylic acids is 1. The van der Waals surface area contributed by atoms with Gasteiger partial charge in [0.05, 0.1) is 12.5 Å². The molecule has 0 aromatic rings. The van der Waals surface area contributed by atoms with Gasteiger partial charge in [-0.25, -0.2) is 4.79 Å². The number of carbonyl (C=O) groups excluding carboxylic acids is 1. The average Bonchev–Trinajstić information content (AvgIpc) is 2.97. The van der Waals surface area contributed by atoms with Crippen LogP contribution in [0.1, 0.15) is 12.8 Å². The fraction of sp³-hybridized carbons (Fsp3) is 0.667. The van der Waals surface area contributed by atoms with Crippen LogP contribution >= 0.6 is 0 Å². The molecule has 2 fully saturated rings.